The van der Waals surface area contributed by atoms with Crippen molar-refractivity contribution in [3.8, 4) is 17.1 Å². The molecule has 1 unspecified atom stereocenters. The van der Waals surface area contributed by atoms with Crippen molar-refractivity contribution >= 4 is 23.7 Å². The minimum absolute atomic E-state index is 0.0267. The Bertz CT molecular complexity index is 830. The van der Waals surface area contributed by atoms with Gasteiger partial charge in [-0.2, -0.15) is 16.7 Å². The molecule has 136 valence electrons. The number of rotatable bonds is 5. The number of thioether (sulfide) groups is 1. The van der Waals surface area contributed by atoms with E-state index in [-0.39, 0.29) is 18.3 Å². The van der Waals surface area contributed by atoms with E-state index < -0.39 is 11.6 Å². The van der Waals surface area contributed by atoms with E-state index in [0.717, 1.165) is 22.0 Å². The molecular weight excluding hydrogens is 356 g/mol. The predicted octanol–water partition coefficient (Wildman–Crippen LogP) is 2.06. The molecule has 26 heavy (non-hydrogen) atoms. The van der Waals surface area contributed by atoms with Gasteiger partial charge in [0.2, 0.25) is 11.7 Å². The number of hydrogen-bond donors (Lipinski definition) is 1. The number of nitrogens with one attached hydrogen (secondary N) is 1. The van der Waals surface area contributed by atoms with E-state index in [1.807, 2.05) is 31.2 Å². The van der Waals surface area contributed by atoms with Crippen LogP contribution in [-0.4, -0.2) is 50.6 Å². The second-order valence-electron chi connectivity index (χ2n) is 6.18. The van der Waals surface area contributed by atoms with Crippen LogP contribution < -0.4 is 10.1 Å². The van der Waals surface area contributed by atoms with Crippen LogP contribution in [0, 0.1) is 0 Å². The molecule has 1 N–H and O–H groups in total. The van der Waals surface area contributed by atoms with E-state index in [1.54, 1.807) is 11.8 Å². The van der Waals surface area contributed by atoms with Crippen LogP contribution in [0.1, 0.15) is 19.2 Å². The Hall–Kier alpha value is -2.55. The van der Waals surface area contributed by atoms with Crippen LogP contribution >= 0.6 is 11.8 Å². The van der Waals surface area contributed by atoms with Gasteiger partial charge >= 0.3 is 6.03 Å². The Morgan fingerprint density at radius 2 is 2.15 bits per heavy atom. The fourth-order valence-corrected chi connectivity index (χ4v) is 4.42. The molecule has 2 aliphatic heterocycles. The summed E-state index contributed by atoms with van der Waals surface area (Å²) in [6.07, 6.45) is 0.653. The monoisotopic (exact) mass is 374 g/mol. The van der Waals surface area contributed by atoms with Crippen molar-refractivity contribution in [3.63, 3.8) is 0 Å². The average molecular weight is 374 g/mol. The van der Waals surface area contributed by atoms with E-state index in [9.17, 15) is 9.59 Å². The SMILES string of the molecule is CCOc1ccc(-c2noc(CN3C(=O)NC4(CCSC4)C3=O)n2)cc1. The maximum atomic E-state index is 12.6. The number of benzene rings is 1. The van der Waals surface area contributed by atoms with Gasteiger partial charge in [0.25, 0.3) is 5.91 Å². The zero-order chi connectivity index (χ0) is 18.1. The van der Waals surface area contributed by atoms with Crippen molar-refractivity contribution in [2.45, 2.75) is 25.4 Å². The Kier molecular flexibility index (Phi) is 4.31. The smallest absolute Gasteiger partial charge is 0.325 e. The summed E-state index contributed by atoms with van der Waals surface area (Å²) in [5.41, 5.74) is 0.00371. The molecule has 3 heterocycles. The second-order valence-corrected chi connectivity index (χ2v) is 7.28. The van der Waals surface area contributed by atoms with E-state index in [2.05, 4.69) is 15.5 Å². The molecule has 0 bridgehead atoms. The first kappa shape index (κ1) is 16.9. The molecule has 2 aliphatic rings. The number of hydrogen-bond acceptors (Lipinski definition) is 7. The largest absolute Gasteiger partial charge is 0.494 e. The number of nitrogens with zero attached hydrogens (tertiary/aromatic N) is 3. The lowest BCUT2D eigenvalue weighted by atomic mass is 9.99. The van der Waals surface area contributed by atoms with Crippen LogP contribution in [0.15, 0.2) is 28.8 Å². The summed E-state index contributed by atoms with van der Waals surface area (Å²) >= 11 is 1.67. The van der Waals surface area contributed by atoms with Gasteiger partial charge in [0.1, 0.15) is 17.8 Å². The quantitative estimate of drug-likeness (QED) is 0.800. The van der Waals surface area contributed by atoms with E-state index in [0.29, 0.717) is 24.6 Å². The van der Waals surface area contributed by atoms with Gasteiger partial charge < -0.3 is 14.6 Å². The number of imide groups is 1. The van der Waals surface area contributed by atoms with Gasteiger partial charge in [-0.15, -0.1) is 0 Å². The number of aromatic nitrogens is 2. The highest BCUT2D eigenvalue weighted by Gasteiger charge is 2.53. The third-order valence-electron chi connectivity index (χ3n) is 4.45. The van der Waals surface area contributed by atoms with E-state index >= 15 is 0 Å². The minimum atomic E-state index is -0.764. The third kappa shape index (κ3) is 2.92. The molecule has 1 aromatic heterocycles. The topological polar surface area (TPSA) is 97.6 Å². The van der Waals surface area contributed by atoms with Crippen LogP contribution in [0.5, 0.6) is 5.75 Å². The zero-order valence-corrected chi connectivity index (χ0v) is 15.0. The first-order valence-electron chi connectivity index (χ1n) is 8.39. The molecule has 3 amide bonds. The van der Waals surface area contributed by atoms with Gasteiger partial charge in [-0.3, -0.25) is 9.69 Å². The Morgan fingerprint density at radius 3 is 2.85 bits per heavy atom. The predicted molar refractivity (Wildman–Crippen MR) is 94.7 cm³/mol. The molecule has 2 fully saturated rings. The minimum Gasteiger partial charge on any atom is -0.494 e. The summed E-state index contributed by atoms with van der Waals surface area (Å²) in [7, 11) is 0. The fraction of sp³-hybridized carbons (Fsp3) is 0.412. The van der Waals surface area contributed by atoms with Crippen molar-refractivity contribution in [1.29, 1.82) is 0 Å². The lowest BCUT2D eigenvalue weighted by Crippen LogP contribution is -2.46. The number of ether oxygens (including phenoxy) is 1. The maximum absolute atomic E-state index is 12.6. The molecule has 0 saturated carbocycles. The summed E-state index contributed by atoms with van der Waals surface area (Å²) in [4.78, 5) is 30.3. The number of amides is 3. The molecule has 0 radical (unpaired) electrons. The van der Waals surface area contributed by atoms with Crippen LogP contribution in [-0.2, 0) is 11.3 Å². The Labute approximate surface area is 154 Å². The molecule has 0 aliphatic carbocycles. The van der Waals surface area contributed by atoms with Gasteiger partial charge in [0.05, 0.1) is 6.61 Å². The number of carbonyl (C=O) groups excluding carboxylic acids is 2. The van der Waals surface area contributed by atoms with Crippen LogP contribution in [0.4, 0.5) is 4.79 Å². The van der Waals surface area contributed by atoms with E-state index in [4.69, 9.17) is 9.26 Å². The van der Waals surface area contributed by atoms with Gasteiger partial charge in [-0.1, -0.05) is 5.16 Å². The highest BCUT2D eigenvalue weighted by atomic mass is 32.2. The molecule has 8 nitrogen and oxygen atoms in total. The molecular formula is C17H18N4O4S. The molecule has 2 saturated heterocycles. The summed E-state index contributed by atoms with van der Waals surface area (Å²) < 4.78 is 10.6. The van der Waals surface area contributed by atoms with Crippen molar-refractivity contribution in [3.05, 3.63) is 30.2 Å². The Balaban J connectivity index is 1.48. The van der Waals surface area contributed by atoms with Crippen molar-refractivity contribution in [1.82, 2.24) is 20.4 Å². The fourth-order valence-electron chi connectivity index (χ4n) is 3.09. The third-order valence-corrected chi connectivity index (χ3v) is 5.64. The van der Waals surface area contributed by atoms with Gasteiger partial charge in [-0.05, 0) is 43.4 Å². The van der Waals surface area contributed by atoms with Gasteiger partial charge in [0, 0.05) is 11.3 Å². The second kappa shape index (κ2) is 6.64. The lowest BCUT2D eigenvalue weighted by molar-refractivity contribution is -0.131. The first-order chi connectivity index (χ1) is 12.6. The number of carbonyl (C=O) groups is 2. The molecule has 4 rings (SSSR count). The summed E-state index contributed by atoms with van der Waals surface area (Å²) in [5, 5.41) is 6.76. The normalized spacial score (nSPS) is 22.3. The van der Waals surface area contributed by atoms with Crippen molar-refractivity contribution < 1.29 is 18.8 Å². The molecule has 1 atom stereocenters. The summed E-state index contributed by atoms with van der Waals surface area (Å²) in [6.45, 7) is 2.49. The highest BCUT2D eigenvalue weighted by Crippen LogP contribution is 2.34. The van der Waals surface area contributed by atoms with E-state index in [1.165, 1.54) is 0 Å². The lowest BCUT2D eigenvalue weighted by Gasteiger charge is -2.18. The van der Waals surface area contributed by atoms with Crippen LogP contribution in [0.2, 0.25) is 0 Å². The molecule has 2 aromatic rings. The summed E-state index contributed by atoms with van der Waals surface area (Å²) in [6, 6.07) is 6.91. The summed E-state index contributed by atoms with van der Waals surface area (Å²) in [5.74, 6) is 2.64. The highest BCUT2D eigenvalue weighted by molar-refractivity contribution is 7.99. The Morgan fingerprint density at radius 1 is 1.35 bits per heavy atom. The van der Waals surface area contributed by atoms with Gasteiger partial charge in [0.15, 0.2) is 0 Å². The average Bonchev–Trinajstić information content (AvgIpc) is 3.34. The standard InChI is InChI=1S/C17H18N4O4S/c1-2-24-12-5-3-11(4-6-12)14-18-13(25-20-14)9-21-15(22)17(19-16(21)23)7-8-26-10-17/h3-6H,2,7-10H2,1H3,(H,19,23). The van der Waals surface area contributed by atoms with Gasteiger partial charge in [-0.25, -0.2) is 4.79 Å². The molecule has 9 heteroatoms. The number of urea groups is 1. The maximum Gasteiger partial charge on any atom is 0.325 e. The van der Waals surface area contributed by atoms with Crippen LogP contribution in [0.3, 0.4) is 0 Å². The molecule has 1 aromatic carbocycles. The zero-order valence-electron chi connectivity index (χ0n) is 14.2. The van der Waals surface area contributed by atoms with Crippen LogP contribution in [0.25, 0.3) is 11.4 Å². The first-order valence-corrected chi connectivity index (χ1v) is 9.54. The van der Waals surface area contributed by atoms with Crippen molar-refractivity contribution in [2.24, 2.45) is 0 Å². The van der Waals surface area contributed by atoms with Crippen molar-refractivity contribution in [2.75, 3.05) is 18.1 Å². The molecule has 1 spiro atoms.